The third-order valence-corrected chi connectivity index (χ3v) is 2.87. The number of ether oxygens (including phenoxy) is 1. The van der Waals surface area contributed by atoms with Crippen LogP contribution in [0, 0.1) is 5.82 Å². The molecule has 1 unspecified atom stereocenters. The molecule has 0 bridgehead atoms. The van der Waals surface area contributed by atoms with E-state index >= 15 is 0 Å². The van der Waals surface area contributed by atoms with Crippen molar-refractivity contribution in [3.63, 3.8) is 0 Å². The Morgan fingerprint density at radius 2 is 2.10 bits per heavy atom. The van der Waals surface area contributed by atoms with Gasteiger partial charge in [0.05, 0.1) is 6.61 Å². The lowest BCUT2D eigenvalue weighted by Gasteiger charge is -2.27. The second-order valence-corrected chi connectivity index (χ2v) is 4.58. The Bertz CT molecular complexity index is 538. The van der Waals surface area contributed by atoms with Gasteiger partial charge in [-0.2, -0.15) is 0 Å². The molecule has 0 aliphatic rings. The molecule has 5 heteroatoms. The quantitative estimate of drug-likeness (QED) is 0.494. The van der Waals surface area contributed by atoms with E-state index in [-0.39, 0.29) is 18.6 Å². The van der Waals surface area contributed by atoms with Crippen LogP contribution in [0.3, 0.4) is 0 Å². The smallest absolute Gasteiger partial charge is 0.328 e. The van der Waals surface area contributed by atoms with Gasteiger partial charge >= 0.3 is 11.9 Å². The van der Waals surface area contributed by atoms with Gasteiger partial charge in [0.1, 0.15) is 5.82 Å². The summed E-state index contributed by atoms with van der Waals surface area (Å²) in [6.45, 7) is 6.88. The predicted molar refractivity (Wildman–Crippen MR) is 71.8 cm³/mol. The number of carbonyl (C=O) groups is 2. The SMILES string of the molecule is C=C(C)CC(C(=O)O)(C(=O)OCC)c1cccc(F)c1. The Labute approximate surface area is 116 Å². The minimum Gasteiger partial charge on any atom is -0.480 e. The van der Waals surface area contributed by atoms with Crippen molar-refractivity contribution in [1.29, 1.82) is 0 Å². The van der Waals surface area contributed by atoms with Crippen molar-refractivity contribution in [2.75, 3.05) is 6.61 Å². The number of aliphatic carboxylic acids is 1. The summed E-state index contributed by atoms with van der Waals surface area (Å²) in [6, 6.07) is 4.98. The molecule has 0 amide bonds. The van der Waals surface area contributed by atoms with Gasteiger partial charge in [-0.05, 0) is 38.0 Å². The molecule has 1 rings (SSSR count). The first-order valence-corrected chi connectivity index (χ1v) is 6.15. The van der Waals surface area contributed by atoms with Gasteiger partial charge in [-0.3, -0.25) is 9.59 Å². The Morgan fingerprint density at radius 3 is 2.55 bits per heavy atom. The van der Waals surface area contributed by atoms with Crippen molar-refractivity contribution in [2.45, 2.75) is 25.7 Å². The summed E-state index contributed by atoms with van der Waals surface area (Å²) in [5.41, 5.74) is -1.43. The van der Waals surface area contributed by atoms with Crippen LogP contribution >= 0.6 is 0 Å². The van der Waals surface area contributed by atoms with E-state index in [9.17, 15) is 19.1 Å². The zero-order valence-electron chi connectivity index (χ0n) is 11.5. The lowest BCUT2D eigenvalue weighted by Crippen LogP contribution is -2.45. The lowest BCUT2D eigenvalue weighted by molar-refractivity contribution is -0.161. The molecule has 0 aromatic heterocycles. The molecule has 1 aromatic rings. The van der Waals surface area contributed by atoms with E-state index in [1.165, 1.54) is 18.2 Å². The van der Waals surface area contributed by atoms with Crippen LogP contribution in [0.25, 0.3) is 0 Å². The monoisotopic (exact) mass is 280 g/mol. The van der Waals surface area contributed by atoms with E-state index in [0.717, 1.165) is 6.07 Å². The summed E-state index contributed by atoms with van der Waals surface area (Å²) in [6.07, 6.45) is -0.148. The minimum atomic E-state index is -1.97. The number of halogens is 1. The van der Waals surface area contributed by atoms with Crippen LogP contribution in [0.15, 0.2) is 36.4 Å². The molecule has 0 radical (unpaired) electrons. The molecule has 0 saturated carbocycles. The Morgan fingerprint density at radius 1 is 1.45 bits per heavy atom. The maximum absolute atomic E-state index is 13.4. The summed E-state index contributed by atoms with van der Waals surface area (Å²) < 4.78 is 18.3. The first-order valence-electron chi connectivity index (χ1n) is 6.15. The van der Waals surface area contributed by atoms with Gasteiger partial charge in [-0.15, -0.1) is 6.58 Å². The number of hydrogen-bond acceptors (Lipinski definition) is 3. The molecule has 4 nitrogen and oxygen atoms in total. The van der Waals surface area contributed by atoms with E-state index in [1.807, 2.05) is 0 Å². The Kier molecular flexibility index (Phi) is 5.02. The van der Waals surface area contributed by atoms with Crippen molar-refractivity contribution < 1.29 is 23.8 Å². The van der Waals surface area contributed by atoms with E-state index in [0.29, 0.717) is 5.57 Å². The first kappa shape index (κ1) is 15.9. The number of carbonyl (C=O) groups excluding carboxylic acids is 1. The second-order valence-electron chi connectivity index (χ2n) is 4.58. The van der Waals surface area contributed by atoms with E-state index < -0.39 is 23.2 Å². The highest BCUT2D eigenvalue weighted by Crippen LogP contribution is 2.33. The number of carboxylic acid groups (broad SMARTS) is 1. The maximum Gasteiger partial charge on any atom is 0.328 e. The van der Waals surface area contributed by atoms with Crippen LogP contribution in [-0.2, 0) is 19.7 Å². The Balaban J connectivity index is 3.48. The van der Waals surface area contributed by atoms with Crippen molar-refractivity contribution in [2.24, 2.45) is 0 Å². The molecule has 20 heavy (non-hydrogen) atoms. The zero-order chi connectivity index (χ0) is 15.3. The van der Waals surface area contributed by atoms with Gasteiger partial charge in [-0.1, -0.05) is 17.7 Å². The second kappa shape index (κ2) is 6.32. The molecule has 0 saturated heterocycles. The van der Waals surface area contributed by atoms with Gasteiger partial charge in [0.25, 0.3) is 0 Å². The Hall–Kier alpha value is -2.17. The summed E-state index contributed by atoms with van der Waals surface area (Å²) in [5.74, 6) is -2.91. The summed E-state index contributed by atoms with van der Waals surface area (Å²) in [7, 11) is 0. The molecule has 108 valence electrons. The fourth-order valence-electron chi connectivity index (χ4n) is 2.04. The number of allylic oxidation sites excluding steroid dienone is 1. The van der Waals surface area contributed by atoms with Crippen molar-refractivity contribution in [1.82, 2.24) is 0 Å². The molecular formula is C15H17FO4. The fourth-order valence-corrected chi connectivity index (χ4v) is 2.04. The highest BCUT2D eigenvalue weighted by atomic mass is 19.1. The van der Waals surface area contributed by atoms with Gasteiger partial charge in [-0.25, -0.2) is 4.39 Å². The minimum absolute atomic E-state index is 0.0410. The van der Waals surface area contributed by atoms with Crippen molar-refractivity contribution >= 4 is 11.9 Å². The summed E-state index contributed by atoms with van der Waals surface area (Å²) in [5, 5.41) is 9.55. The van der Waals surface area contributed by atoms with Crippen LogP contribution in [-0.4, -0.2) is 23.7 Å². The van der Waals surface area contributed by atoms with Crippen LogP contribution in [0.5, 0.6) is 0 Å². The highest BCUT2D eigenvalue weighted by Gasteiger charge is 2.49. The third-order valence-electron chi connectivity index (χ3n) is 2.87. The molecule has 1 atom stereocenters. The van der Waals surface area contributed by atoms with Crippen molar-refractivity contribution in [3.05, 3.63) is 47.8 Å². The molecule has 0 spiro atoms. The molecule has 0 aliphatic carbocycles. The highest BCUT2D eigenvalue weighted by molar-refractivity contribution is 6.05. The largest absolute Gasteiger partial charge is 0.480 e. The molecule has 0 aliphatic heterocycles. The standard InChI is InChI=1S/C15H17FO4/c1-4-20-14(19)15(13(17)18,9-10(2)3)11-6-5-7-12(16)8-11/h5-8H,2,4,9H2,1,3H3,(H,17,18). The van der Waals surface area contributed by atoms with Crippen LogP contribution < -0.4 is 0 Å². The average molecular weight is 280 g/mol. The zero-order valence-corrected chi connectivity index (χ0v) is 11.5. The van der Waals surface area contributed by atoms with Gasteiger partial charge < -0.3 is 9.84 Å². The van der Waals surface area contributed by atoms with Crippen LogP contribution in [0.2, 0.25) is 0 Å². The summed E-state index contributed by atoms with van der Waals surface area (Å²) in [4.78, 5) is 23.9. The number of carboxylic acids is 1. The number of benzene rings is 1. The fraction of sp³-hybridized carbons (Fsp3) is 0.333. The van der Waals surface area contributed by atoms with Gasteiger partial charge in [0.2, 0.25) is 0 Å². The molecule has 0 fully saturated rings. The van der Waals surface area contributed by atoms with Gasteiger partial charge in [0.15, 0.2) is 5.41 Å². The summed E-state index contributed by atoms with van der Waals surface area (Å²) >= 11 is 0. The topological polar surface area (TPSA) is 63.6 Å². The van der Waals surface area contributed by atoms with E-state index in [2.05, 4.69) is 6.58 Å². The molecule has 1 aromatic carbocycles. The lowest BCUT2D eigenvalue weighted by atomic mass is 9.75. The normalized spacial score (nSPS) is 13.3. The van der Waals surface area contributed by atoms with Crippen LogP contribution in [0.1, 0.15) is 25.8 Å². The van der Waals surface area contributed by atoms with Crippen LogP contribution in [0.4, 0.5) is 4.39 Å². The van der Waals surface area contributed by atoms with E-state index in [1.54, 1.807) is 13.8 Å². The van der Waals surface area contributed by atoms with Gasteiger partial charge in [0, 0.05) is 0 Å². The average Bonchev–Trinajstić information content (AvgIpc) is 2.35. The number of esters is 1. The maximum atomic E-state index is 13.4. The molecule has 1 N–H and O–H groups in total. The number of rotatable bonds is 6. The third kappa shape index (κ3) is 3.04. The van der Waals surface area contributed by atoms with E-state index in [4.69, 9.17) is 4.74 Å². The predicted octanol–water partition coefficient (Wildman–Crippen LogP) is 2.68. The molecule has 0 heterocycles. The van der Waals surface area contributed by atoms with Crippen molar-refractivity contribution in [3.8, 4) is 0 Å². The molecular weight excluding hydrogens is 263 g/mol. The number of hydrogen-bond donors (Lipinski definition) is 1. The first-order chi connectivity index (χ1) is 9.34.